The van der Waals surface area contributed by atoms with E-state index in [-0.39, 0.29) is 24.4 Å². The van der Waals surface area contributed by atoms with Crippen LogP contribution in [-0.4, -0.2) is 48.6 Å². The van der Waals surface area contributed by atoms with Gasteiger partial charge >= 0.3 is 11.9 Å². The molecule has 0 atom stereocenters. The molecule has 1 saturated carbocycles. The fourth-order valence-corrected chi connectivity index (χ4v) is 5.70. The summed E-state index contributed by atoms with van der Waals surface area (Å²) in [5.41, 5.74) is 4.47. The molecule has 0 aliphatic heterocycles. The fourth-order valence-electron chi connectivity index (χ4n) is 5.70. The Morgan fingerprint density at radius 1 is 0.800 bits per heavy atom. The minimum Gasteiger partial charge on any atom is -0.461 e. The molecule has 0 bridgehead atoms. The molecular formula is C37H46F2O6. The largest absolute Gasteiger partial charge is 0.461 e. The van der Waals surface area contributed by atoms with E-state index in [1.165, 1.54) is 36.8 Å². The zero-order valence-corrected chi connectivity index (χ0v) is 26.0. The number of ether oxygens (including phenoxy) is 2. The number of hydrogen-bond acceptors (Lipinski definition) is 6. The van der Waals surface area contributed by atoms with Crippen molar-refractivity contribution in [2.75, 3.05) is 26.4 Å². The summed E-state index contributed by atoms with van der Waals surface area (Å²) in [6.45, 7) is 5.76. The van der Waals surface area contributed by atoms with Gasteiger partial charge in [-0.25, -0.2) is 9.59 Å². The number of benzene rings is 2. The number of carbonyl (C=O) groups excluding carboxylic acids is 2. The second-order valence-corrected chi connectivity index (χ2v) is 11.9. The monoisotopic (exact) mass is 624 g/mol. The number of rotatable bonds is 18. The fraction of sp³-hybridized carbons (Fsp3) is 0.459. The van der Waals surface area contributed by atoms with Crippen LogP contribution in [-0.2, 0) is 31.9 Å². The molecule has 2 aromatic carbocycles. The van der Waals surface area contributed by atoms with Gasteiger partial charge in [0.15, 0.2) is 0 Å². The zero-order chi connectivity index (χ0) is 32.6. The molecular weight excluding hydrogens is 578 g/mol. The molecule has 6 nitrogen and oxygen atoms in total. The summed E-state index contributed by atoms with van der Waals surface area (Å²) in [4.78, 5) is 24.0. The molecule has 2 aromatic rings. The molecule has 3 rings (SSSR count). The van der Waals surface area contributed by atoms with Gasteiger partial charge < -0.3 is 19.7 Å². The summed E-state index contributed by atoms with van der Waals surface area (Å²) < 4.78 is 34.9. The summed E-state index contributed by atoms with van der Waals surface area (Å²) in [6, 6.07) is 16.8. The van der Waals surface area contributed by atoms with Crippen LogP contribution in [0.2, 0.25) is 0 Å². The first kappa shape index (κ1) is 35.9. The lowest BCUT2D eigenvalue weighted by Gasteiger charge is -2.29. The van der Waals surface area contributed by atoms with Crippen molar-refractivity contribution in [3.05, 3.63) is 107 Å². The minimum absolute atomic E-state index is 0.0669. The number of aliphatic hydroxyl groups is 2. The molecule has 0 radical (unpaired) electrons. The molecule has 1 fully saturated rings. The highest BCUT2D eigenvalue weighted by atomic mass is 19.3. The SMILES string of the molecule is C=C(CO)C(=O)OCC(COC(=O)C(=C)CO)c1ccc(CCc2ccc(C3CCC(CCCCC=C(F)F)CC3)cc2)cc1. The Hall–Kier alpha value is -3.62. The van der Waals surface area contributed by atoms with Crippen molar-refractivity contribution in [3.8, 4) is 0 Å². The van der Waals surface area contributed by atoms with Crippen LogP contribution in [0.25, 0.3) is 0 Å². The predicted octanol–water partition coefficient (Wildman–Crippen LogP) is 7.35. The Kier molecular flexibility index (Phi) is 15.2. The van der Waals surface area contributed by atoms with Gasteiger partial charge in [0.25, 0.3) is 6.08 Å². The number of carbonyl (C=O) groups is 2. The first-order valence-corrected chi connectivity index (χ1v) is 15.8. The Balaban J connectivity index is 1.48. The van der Waals surface area contributed by atoms with Gasteiger partial charge in [-0.1, -0.05) is 74.5 Å². The van der Waals surface area contributed by atoms with Crippen LogP contribution in [0.5, 0.6) is 0 Å². The number of halogens is 2. The smallest absolute Gasteiger partial charge is 0.335 e. The van der Waals surface area contributed by atoms with Crippen LogP contribution >= 0.6 is 0 Å². The van der Waals surface area contributed by atoms with Crippen LogP contribution in [0.15, 0.2) is 85.0 Å². The van der Waals surface area contributed by atoms with Gasteiger partial charge in [0.1, 0.15) is 13.2 Å². The molecule has 2 N–H and O–H groups in total. The van der Waals surface area contributed by atoms with E-state index in [1.807, 2.05) is 24.3 Å². The second-order valence-electron chi connectivity index (χ2n) is 11.9. The lowest BCUT2D eigenvalue weighted by atomic mass is 9.77. The molecule has 1 aliphatic carbocycles. The zero-order valence-electron chi connectivity index (χ0n) is 26.0. The minimum atomic E-state index is -1.57. The number of unbranched alkanes of at least 4 members (excludes halogenated alkanes) is 2. The van der Waals surface area contributed by atoms with Gasteiger partial charge in [0.05, 0.1) is 30.3 Å². The maximum atomic E-state index is 12.2. The number of allylic oxidation sites excluding steroid dienone is 1. The van der Waals surface area contributed by atoms with Crippen molar-refractivity contribution in [3.63, 3.8) is 0 Å². The Bertz CT molecular complexity index is 1240. The van der Waals surface area contributed by atoms with Crippen LogP contribution in [0, 0.1) is 5.92 Å². The van der Waals surface area contributed by atoms with Crippen LogP contribution in [0.3, 0.4) is 0 Å². The van der Waals surface area contributed by atoms with Crippen molar-refractivity contribution in [1.29, 1.82) is 0 Å². The third-order valence-electron chi connectivity index (χ3n) is 8.61. The first-order valence-electron chi connectivity index (χ1n) is 15.8. The molecule has 45 heavy (non-hydrogen) atoms. The van der Waals surface area contributed by atoms with E-state index in [9.17, 15) is 18.4 Å². The summed E-state index contributed by atoms with van der Waals surface area (Å²) in [7, 11) is 0. The molecule has 8 heteroatoms. The summed E-state index contributed by atoms with van der Waals surface area (Å²) in [6.07, 6.45) is 9.43. The van der Waals surface area contributed by atoms with Gasteiger partial charge in [-0.05, 0) is 91.5 Å². The average molecular weight is 625 g/mol. The predicted molar refractivity (Wildman–Crippen MR) is 171 cm³/mol. The number of hydrogen-bond donors (Lipinski definition) is 2. The molecule has 0 heterocycles. The third-order valence-corrected chi connectivity index (χ3v) is 8.61. The van der Waals surface area contributed by atoms with E-state index in [1.54, 1.807) is 0 Å². The Morgan fingerprint density at radius 2 is 1.31 bits per heavy atom. The van der Waals surface area contributed by atoms with E-state index >= 15 is 0 Å². The summed E-state index contributed by atoms with van der Waals surface area (Å²) in [5.74, 6) is -0.604. The van der Waals surface area contributed by atoms with Gasteiger partial charge in [-0.3, -0.25) is 0 Å². The van der Waals surface area contributed by atoms with Crippen LogP contribution in [0.1, 0.15) is 85.5 Å². The van der Waals surface area contributed by atoms with Gasteiger partial charge in [-0.15, -0.1) is 0 Å². The number of esters is 2. The van der Waals surface area contributed by atoms with Crippen LogP contribution < -0.4 is 0 Å². The van der Waals surface area contributed by atoms with E-state index in [0.717, 1.165) is 49.3 Å². The maximum Gasteiger partial charge on any atom is 0.335 e. The van der Waals surface area contributed by atoms with Crippen molar-refractivity contribution in [2.45, 2.75) is 76.0 Å². The topological polar surface area (TPSA) is 93.1 Å². The molecule has 0 saturated heterocycles. The molecule has 0 amide bonds. The lowest BCUT2D eigenvalue weighted by molar-refractivity contribution is -0.142. The third kappa shape index (κ3) is 12.4. The Morgan fingerprint density at radius 3 is 1.80 bits per heavy atom. The highest BCUT2D eigenvalue weighted by Gasteiger charge is 2.22. The standard InChI is InChI=1S/C37H46F2O6/c1-26(22-40)36(42)44-24-34(25-45-37(43)27(2)23-41)33-20-14-30(15-21-33)9-8-29-12-18-32(19-13-29)31-16-10-28(11-17-31)6-4-3-5-7-35(38)39/h7,12-15,18-21,28,31,34,40-41H,1-6,8-11,16-17,22-25H2. The highest BCUT2D eigenvalue weighted by molar-refractivity contribution is 5.88. The second kappa shape index (κ2) is 19.0. The maximum absolute atomic E-state index is 12.2. The average Bonchev–Trinajstić information content (AvgIpc) is 3.06. The van der Waals surface area contributed by atoms with E-state index < -0.39 is 37.2 Å². The van der Waals surface area contributed by atoms with Gasteiger partial charge in [0, 0.05) is 0 Å². The van der Waals surface area contributed by atoms with Crippen molar-refractivity contribution in [1.82, 2.24) is 0 Å². The molecule has 0 spiro atoms. The summed E-state index contributed by atoms with van der Waals surface area (Å²) in [5, 5.41) is 18.3. The van der Waals surface area contributed by atoms with Crippen molar-refractivity contribution in [2.24, 2.45) is 5.92 Å². The molecule has 244 valence electrons. The van der Waals surface area contributed by atoms with Gasteiger partial charge in [0.2, 0.25) is 0 Å². The quantitative estimate of drug-likeness (QED) is 0.102. The number of aryl methyl sites for hydroxylation is 2. The first-order chi connectivity index (χ1) is 21.7. The van der Waals surface area contributed by atoms with E-state index in [4.69, 9.17) is 19.7 Å². The van der Waals surface area contributed by atoms with Crippen LogP contribution in [0.4, 0.5) is 8.78 Å². The van der Waals surface area contributed by atoms with Crippen molar-refractivity contribution < 1.29 is 38.1 Å². The molecule has 0 aromatic heterocycles. The molecule has 0 unspecified atom stereocenters. The highest BCUT2D eigenvalue weighted by Crippen LogP contribution is 2.38. The summed E-state index contributed by atoms with van der Waals surface area (Å²) >= 11 is 0. The van der Waals surface area contributed by atoms with Gasteiger partial charge in [-0.2, -0.15) is 8.78 Å². The van der Waals surface area contributed by atoms with E-state index in [0.29, 0.717) is 18.3 Å². The van der Waals surface area contributed by atoms with E-state index in [2.05, 4.69) is 37.4 Å². The molecule has 1 aliphatic rings. The Labute approximate surface area is 265 Å². The lowest BCUT2D eigenvalue weighted by Crippen LogP contribution is -2.21. The normalized spacial score (nSPS) is 16.2. The van der Waals surface area contributed by atoms with Crippen molar-refractivity contribution >= 4 is 11.9 Å². The number of aliphatic hydroxyl groups excluding tert-OH is 2.